The molecule has 0 fully saturated rings. The molecule has 0 aliphatic rings. The van der Waals surface area contributed by atoms with E-state index in [1.54, 1.807) is 14.0 Å². The number of nitrogens with two attached hydrogens (primary N) is 1. The normalized spacial score (nSPS) is 9.00. The molecule has 1 aromatic heterocycles. The first-order chi connectivity index (χ1) is 7.60. The molecule has 0 bridgehead atoms. The first-order valence-corrected chi connectivity index (χ1v) is 5.34. The van der Waals surface area contributed by atoms with Crippen LogP contribution in [0.25, 0.3) is 0 Å². The van der Waals surface area contributed by atoms with Crippen LogP contribution < -0.4 is 11.1 Å². The number of rotatable bonds is 3. The number of aryl methyl sites for hydroxylation is 1. The van der Waals surface area contributed by atoms with Crippen LogP contribution in [0.3, 0.4) is 0 Å². The molecule has 3 N–H and O–H groups in total. The topological polar surface area (TPSA) is 80.9 Å². The number of nitrogens with one attached hydrogen (secondary N) is 1. The summed E-state index contributed by atoms with van der Waals surface area (Å²) >= 11 is 0. The Bertz CT molecular complexity index is 339. The van der Waals surface area contributed by atoms with Crippen LogP contribution in [0.5, 0.6) is 0 Å². The van der Waals surface area contributed by atoms with Crippen LogP contribution in [0, 0.1) is 6.92 Å². The summed E-state index contributed by atoms with van der Waals surface area (Å²) in [5, 5.41) is 2.84. The molecule has 1 rings (SSSR count). The minimum absolute atomic E-state index is 0.226. The second-order valence-electron chi connectivity index (χ2n) is 3.31. The van der Waals surface area contributed by atoms with Gasteiger partial charge in [-0.3, -0.25) is 0 Å². The van der Waals surface area contributed by atoms with Gasteiger partial charge >= 0.3 is 0 Å². The molecule has 0 aromatic carbocycles. The molecule has 0 unspecified atom stereocenters. The zero-order valence-electron chi connectivity index (χ0n) is 10.4. The maximum atomic E-state index is 10.3. The molecule has 0 radical (unpaired) electrons. The second kappa shape index (κ2) is 7.62. The van der Waals surface area contributed by atoms with Crippen LogP contribution in [0.1, 0.15) is 31.8 Å². The highest BCUT2D eigenvalue weighted by molar-refractivity contribution is 5.68. The fourth-order valence-electron chi connectivity index (χ4n) is 1.06. The van der Waals surface area contributed by atoms with Crippen molar-refractivity contribution < 1.29 is 4.79 Å². The number of nitrogens with zero attached hydrogens (tertiary/aromatic N) is 2. The number of aromatic nitrogens is 2. The summed E-state index contributed by atoms with van der Waals surface area (Å²) in [6.45, 7) is 6.01. The molecule has 0 aliphatic heterocycles. The Morgan fingerprint density at radius 1 is 1.38 bits per heavy atom. The van der Waals surface area contributed by atoms with E-state index in [-0.39, 0.29) is 6.42 Å². The fraction of sp³-hybridized carbons (Fsp3) is 0.545. The van der Waals surface area contributed by atoms with Gasteiger partial charge in [-0.25, -0.2) is 9.97 Å². The predicted octanol–water partition coefficient (Wildman–Crippen LogP) is 1.57. The molecule has 1 heterocycles. The molecule has 0 spiro atoms. The fourth-order valence-corrected chi connectivity index (χ4v) is 1.06. The van der Waals surface area contributed by atoms with Crippen molar-refractivity contribution in [3.63, 3.8) is 0 Å². The van der Waals surface area contributed by atoms with E-state index in [0.717, 1.165) is 6.29 Å². The lowest BCUT2D eigenvalue weighted by Gasteiger charge is -2.07. The first-order valence-electron chi connectivity index (χ1n) is 5.34. The van der Waals surface area contributed by atoms with Crippen LogP contribution in [0.4, 0.5) is 11.5 Å². The van der Waals surface area contributed by atoms with Crippen molar-refractivity contribution in [1.82, 2.24) is 9.97 Å². The lowest BCUT2D eigenvalue weighted by Crippen LogP contribution is -2.07. The minimum atomic E-state index is 0.226. The summed E-state index contributed by atoms with van der Waals surface area (Å²) in [6.07, 6.45) is 2.25. The quantitative estimate of drug-likeness (QED) is 0.762. The maximum Gasteiger partial charge on any atom is 0.153 e. The Labute approximate surface area is 96.5 Å². The van der Waals surface area contributed by atoms with Crippen molar-refractivity contribution in [3.8, 4) is 0 Å². The molecule has 0 atom stereocenters. The van der Waals surface area contributed by atoms with Crippen LogP contribution in [-0.2, 0) is 11.2 Å². The number of hydrogen-bond donors (Lipinski definition) is 2. The number of anilines is 2. The van der Waals surface area contributed by atoms with E-state index in [2.05, 4.69) is 29.1 Å². The standard InChI is InChI=1S/C8H12N4O.C3H8/c1-5-11-6(3-4-13)7(9)8(10-2)12-5;1-3-2/h4H,3,9H2,1-2H3,(H,10,11,12);3H2,1-2H3. The number of hydrogen-bond acceptors (Lipinski definition) is 5. The Hall–Kier alpha value is -1.65. The molecule has 5 nitrogen and oxygen atoms in total. The van der Waals surface area contributed by atoms with E-state index in [0.29, 0.717) is 23.0 Å². The van der Waals surface area contributed by atoms with Crippen molar-refractivity contribution in [2.45, 2.75) is 33.6 Å². The van der Waals surface area contributed by atoms with Gasteiger partial charge in [0.05, 0.1) is 11.4 Å². The highest BCUT2D eigenvalue weighted by Gasteiger charge is 2.07. The summed E-state index contributed by atoms with van der Waals surface area (Å²) in [7, 11) is 1.73. The average Bonchev–Trinajstić information content (AvgIpc) is 2.24. The molecular formula is C11H20N4O. The van der Waals surface area contributed by atoms with Crippen LogP contribution in [0.15, 0.2) is 0 Å². The largest absolute Gasteiger partial charge is 0.394 e. The van der Waals surface area contributed by atoms with Gasteiger partial charge in [0.1, 0.15) is 12.1 Å². The van der Waals surface area contributed by atoms with Gasteiger partial charge in [0, 0.05) is 13.5 Å². The predicted molar refractivity (Wildman–Crippen MR) is 66.5 cm³/mol. The van der Waals surface area contributed by atoms with E-state index < -0.39 is 0 Å². The van der Waals surface area contributed by atoms with Gasteiger partial charge in [0.25, 0.3) is 0 Å². The molecule has 5 heteroatoms. The smallest absolute Gasteiger partial charge is 0.153 e. The van der Waals surface area contributed by atoms with E-state index in [4.69, 9.17) is 5.73 Å². The highest BCUT2D eigenvalue weighted by Crippen LogP contribution is 2.18. The van der Waals surface area contributed by atoms with Gasteiger partial charge in [-0.2, -0.15) is 0 Å². The van der Waals surface area contributed by atoms with Crippen LogP contribution in [-0.4, -0.2) is 23.3 Å². The number of nitrogen functional groups attached to an aromatic ring is 1. The summed E-state index contributed by atoms with van der Waals surface area (Å²) in [5.74, 6) is 1.18. The Balaban J connectivity index is 0.000000673. The first kappa shape index (κ1) is 14.3. The zero-order valence-corrected chi connectivity index (χ0v) is 10.4. The molecule has 16 heavy (non-hydrogen) atoms. The van der Waals surface area contributed by atoms with Crippen LogP contribution in [0.2, 0.25) is 0 Å². The van der Waals surface area contributed by atoms with Gasteiger partial charge in [0.15, 0.2) is 5.82 Å². The van der Waals surface area contributed by atoms with E-state index >= 15 is 0 Å². The number of aldehydes is 1. The Kier molecular flexibility index (Phi) is 6.83. The second-order valence-corrected chi connectivity index (χ2v) is 3.31. The number of carbonyl (C=O) groups excluding carboxylic acids is 1. The molecule has 1 aromatic rings. The van der Waals surface area contributed by atoms with Crippen molar-refractivity contribution in [2.75, 3.05) is 18.1 Å². The third kappa shape index (κ3) is 4.25. The van der Waals surface area contributed by atoms with Gasteiger partial charge in [-0.15, -0.1) is 0 Å². The average molecular weight is 224 g/mol. The van der Waals surface area contributed by atoms with Crippen LogP contribution >= 0.6 is 0 Å². The van der Waals surface area contributed by atoms with Gasteiger partial charge in [0.2, 0.25) is 0 Å². The summed E-state index contributed by atoms with van der Waals surface area (Å²) in [6, 6.07) is 0. The lowest BCUT2D eigenvalue weighted by atomic mass is 10.2. The van der Waals surface area contributed by atoms with E-state index in [1.165, 1.54) is 6.42 Å². The lowest BCUT2D eigenvalue weighted by molar-refractivity contribution is -0.107. The van der Waals surface area contributed by atoms with Gasteiger partial charge in [-0.1, -0.05) is 20.3 Å². The van der Waals surface area contributed by atoms with Crippen molar-refractivity contribution in [1.29, 1.82) is 0 Å². The molecule has 0 aliphatic carbocycles. The summed E-state index contributed by atoms with van der Waals surface area (Å²) in [4.78, 5) is 18.4. The number of carbonyl (C=O) groups is 1. The highest BCUT2D eigenvalue weighted by atomic mass is 16.1. The molecule has 0 saturated heterocycles. The SMILES string of the molecule is CCC.CNc1nc(C)nc(CC=O)c1N. The van der Waals surface area contributed by atoms with Crippen molar-refractivity contribution >= 4 is 17.8 Å². The maximum absolute atomic E-state index is 10.3. The molecule has 0 saturated carbocycles. The van der Waals surface area contributed by atoms with Crippen molar-refractivity contribution in [3.05, 3.63) is 11.5 Å². The Morgan fingerprint density at radius 2 is 1.94 bits per heavy atom. The molecule has 90 valence electrons. The van der Waals surface area contributed by atoms with Gasteiger partial charge in [-0.05, 0) is 6.92 Å². The van der Waals surface area contributed by atoms with Crippen molar-refractivity contribution in [2.24, 2.45) is 0 Å². The minimum Gasteiger partial charge on any atom is -0.394 e. The molecule has 0 amide bonds. The van der Waals surface area contributed by atoms with E-state index in [9.17, 15) is 4.79 Å². The summed E-state index contributed by atoms with van der Waals surface area (Å²) < 4.78 is 0. The van der Waals surface area contributed by atoms with E-state index in [1.807, 2.05) is 0 Å². The molecular weight excluding hydrogens is 204 g/mol. The van der Waals surface area contributed by atoms with Gasteiger partial charge < -0.3 is 15.8 Å². The third-order valence-corrected chi connectivity index (χ3v) is 1.65. The monoisotopic (exact) mass is 224 g/mol. The Morgan fingerprint density at radius 3 is 2.38 bits per heavy atom. The summed E-state index contributed by atoms with van der Waals surface area (Å²) in [5.41, 5.74) is 6.72. The zero-order chi connectivity index (χ0) is 12.6. The third-order valence-electron chi connectivity index (χ3n) is 1.65.